The van der Waals surface area contributed by atoms with Crippen LogP contribution in [0.15, 0.2) is 18.2 Å². The number of benzene rings is 1. The predicted molar refractivity (Wildman–Crippen MR) is 58.0 cm³/mol. The first kappa shape index (κ1) is 9.04. The molecule has 1 heteroatoms. The van der Waals surface area contributed by atoms with Crippen molar-refractivity contribution >= 4 is 22.6 Å². The van der Waals surface area contributed by atoms with Gasteiger partial charge in [0.15, 0.2) is 0 Å². The molecule has 0 bridgehead atoms. The van der Waals surface area contributed by atoms with Gasteiger partial charge in [0.25, 0.3) is 0 Å². The van der Waals surface area contributed by atoms with Crippen molar-refractivity contribution in [2.24, 2.45) is 0 Å². The molecule has 0 atom stereocenters. The second kappa shape index (κ2) is 3.57. The van der Waals surface area contributed by atoms with E-state index in [4.69, 9.17) is 0 Å². The van der Waals surface area contributed by atoms with E-state index in [2.05, 4.69) is 61.6 Å². The van der Waals surface area contributed by atoms with Crippen molar-refractivity contribution in [2.75, 3.05) is 0 Å². The van der Waals surface area contributed by atoms with E-state index >= 15 is 0 Å². The van der Waals surface area contributed by atoms with E-state index < -0.39 is 0 Å². The Balaban J connectivity index is 3.08. The molecule has 0 amide bonds. The highest BCUT2D eigenvalue weighted by molar-refractivity contribution is 14.1. The quantitative estimate of drug-likeness (QED) is 0.675. The first-order valence-corrected chi connectivity index (χ1v) is 4.94. The monoisotopic (exact) mass is 260 g/mol. The number of rotatable bonds is 1. The zero-order valence-electron chi connectivity index (χ0n) is 7.19. The fourth-order valence-electron chi connectivity index (χ4n) is 1.10. The molecule has 0 saturated carbocycles. The van der Waals surface area contributed by atoms with Gasteiger partial charge in [0, 0.05) is 3.57 Å². The van der Waals surface area contributed by atoms with Gasteiger partial charge in [-0.25, -0.2) is 0 Å². The molecule has 0 spiro atoms. The van der Waals surface area contributed by atoms with Gasteiger partial charge in [0.2, 0.25) is 0 Å². The molecule has 0 nitrogen and oxygen atoms in total. The average molecular weight is 260 g/mol. The smallest absolute Gasteiger partial charge is 0.0135 e. The van der Waals surface area contributed by atoms with Crippen LogP contribution in [0.25, 0.3) is 0 Å². The second-order valence-electron chi connectivity index (χ2n) is 3.22. The fourth-order valence-corrected chi connectivity index (χ4v) is 1.95. The Morgan fingerprint density at radius 3 is 2.27 bits per heavy atom. The molecule has 11 heavy (non-hydrogen) atoms. The van der Waals surface area contributed by atoms with E-state index in [-0.39, 0.29) is 0 Å². The summed E-state index contributed by atoms with van der Waals surface area (Å²) in [4.78, 5) is 0. The van der Waals surface area contributed by atoms with Crippen LogP contribution in [0, 0.1) is 10.5 Å². The summed E-state index contributed by atoms with van der Waals surface area (Å²) in [5, 5.41) is 0. The fraction of sp³-hybridized carbons (Fsp3) is 0.400. The lowest BCUT2D eigenvalue weighted by molar-refractivity contribution is 0.863. The summed E-state index contributed by atoms with van der Waals surface area (Å²) < 4.78 is 1.34. The lowest BCUT2D eigenvalue weighted by Gasteiger charge is -2.06. The van der Waals surface area contributed by atoms with Crippen molar-refractivity contribution in [1.29, 1.82) is 0 Å². The third kappa shape index (κ3) is 2.47. The Morgan fingerprint density at radius 2 is 1.82 bits per heavy atom. The van der Waals surface area contributed by atoms with E-state index in [0.29, 0.717) is 5.92 Å². The summed E-state index contributed by atoms with van der Waals surface area (Å²) in [6, 6.07) is 6.71. The summed E-state index contributed by atoms with van der Waals surface area (Å²) in [5.41, 5.74) is 2.80. The van der Waals surface area contributed by atoms with Gasteiger partial charge in [-0.05, 0) is 58.7 Å². The van der Waals surface area contributed by atoms with Crippen molar-refractivity contribution in [3.63, 3.8) is 0 Å². The molecule has 1 aromatic carbocycles. The van der Waals surface area contributed by atoms with Crippen LogP contribution in [0.4, 0.5) is 0 Å². The Morgan fingerprint density at radius 1 is 1.18 bits per heavy atom. The van der Waals surface area contributed by atoms with Crippen molar-refractivity contribution in [3.8, 4) is 0 Å². The van der Waals surface area contributed by atoms with Crippen LogP contribution in [0.5, 0.6) is 0 Å². The van der Waals surface area contributed by atoms with Crippen LogP contribution in [0.3, 0.4) is 0 Å². The largest absolute Gasteiger partial charge is 0.0587 e. The summed E-state index contributed by atoms with van der Waals surface area (Å²) >= 11 is 2.36. The van der Waals surface area contributed by atoms with E-state index in [9.17, 15) is 0 Å². The maximum Gasteiger partial charge on any atom is 0.0135 e. The zero-order valence-corrected chi connectivity index (χ0v) is 9.34. The van der Waals surface area contributed by atoms with Crippen molar-refractivity contribution < 1.29 is 0 Å². The van der Waals surface area contributed by atoms with Gasteiger partial charge in [-0.3, -0.25) is 0 Å². The Hall–Kier alpha value is -0.0500. The SMILES string of the molecule is Cc1cc(I)cc(C(C)C)c1. The van der Waals surface area contributed by atoms with E-state index in [1.54, 1.807) is 0 Å². The molecule has 0 radical (unpaired) electrons. The highest BCUT2D eigenvalue weighted by atomic mass is 127. The predicted octanol–water partition coefficient (Wildman–Crippen LogP) is 3.72. The third-order valence-electron chi connectivity index (χ3n) is 1.73. The first-order valence-electron chi connectivity index (χ1n) is 3.86. The first-order chi connectivity index (χ1) is 5.09. The number of hydrogen-bond acceptors (Lipinski definition) is 0. The zero-order chi connectivity index (χ0) is 8.43. The van der Waals surface area contributed by atoms with E-state index in [1.807, 2.05) is 0 Å². The lowest BCUT2D eigenvalue weighted by Crippen LogP contribution is -1.89. The molecular weight excluding hydrogens is 247 g/mol. The summed E-state index contributed by atoms with van der Waals surface area (Å²) in [6.07, 6.45) is 0. The molecule has 0 aromatic heterocycles. The molecule has 60 valence electrons. The van der Waals surface area contributed by atoms with Gasteiger partial charge >= 0.3 is 0 Å². The maximum atomic E-state index is 2.36. The van der Waals surface area contributed by atoms with Crippen LogP contribution in [-0.2, 0) is 0 Å². The second-order valence-corrected chi connectivity index (χ2v) is 4.46. The molecule has 1 rings (SSSR count). The number of aryl methyl sites for hydroxylation is 1. The Bertz CT molecular complexity index is 231. The minimum atomic E-state index is 0.642. The minimum absolute atomic E-state index is 0.642. The van der Waals surface area contributed by atoms with Gasteiger partial charge in [0.05, 0.1) is 0 Å². The molecule has 0 N–H and O–H groups in total. The van der Waals surface area contributed by atoms with Gasteiger partial charge in [0.1, 0.15) is 0 Å². The highest BCUT2D eigenvalue weighted by Crippen LogP contribution is 2.18. The number of halogens is 1. The molecule has 0 fully saturated rings. The number of hydrogen-bond donors (Lipinski definition) is 0. The molecular formula is C10H13I. The van der Waals surface area contributed by atoms with E-state index in [1.165, 1.54) is 14.7 Å². The molecule has 0 aliphatic carbocycles. The van der Waals surface area contributed by atoms with Crippen LogP contribution >= 0.6 is 22.6 Å². The van der Waals surface area contributed by atoms with Gasteiger partial charge in [-0.15, -0.1) is 0 Å². The normalized spacial score (nSPS) is 10.6. The summed E-state index contributed by atoms with van der Waals surface area (Å²) in [5.74, 6) is 0.642. The lowest BCUT2D eigenvalue weighted by atomic mass is 10.0. The van der Waals surface area contributed by atoms with Crippen LogP contribution in [0.1, 0.15) is 30.9 Å². The average Bonchev–Trinajstić information content (AvgIpc) is 1.85. The van der Waals surface area contributed by atoms with Crippen molar-refractivity contribution in [3.05, 3.63) is 32.9 Å². The molecule has 1 aromatic rings. The van der Waals surface area contributed by atoms with Crippen LogP contribution in [-0.4, -0.2) is 0 Å². The molecule has 0 unspecified atom stereocenters. The summed E-state index contributed by atoms with van der Waals surface area (Å²) in [7, 11) is 0. The molecule has 0 saturated heterocycles. The molecule has 0 aliphatic heterocycles. The highest BCUT2D eigenvalue weighted by Gasteiger charge is 1.99. The van der Waals surface area contributed by atoms with Gasteiger partial charge in [-0.2, -0.15) is 0 Å². The third-order valence-corrected chi connectivity index (χ3v) is 2.35. The maximum absolute atomic E-state index is 2.36. The van der Waals surface area contributed by atoms with Gasteiger partial charge in [-0.1, -0.05) is 19.9 Å². The molecule has 0 heterocycles. The van der Waals surface area contributed by atoms with Gasteiger partial charge < -0.3 is 0 Å². The Kier molecular flexibility index (Phi) is 2.93. The van der Waals surface area contributed by atoms with E-state index in [0.717, 1.165) is 0 Å². The molecule has 0 aliphatic rings. The minimum Gasteiger partial charge on any atom is -0.0587 e. The topological polar surface area (TPSA) is 0 Å². The summed E-state index contributed by atoms with van der Waals surface area (Å²) in [6.45, 7) is 6.60. The van der Waals surface area contributed by atoms with Crippen LogP contribution in [0.2, 0.25) is 0 Å². The van der Waals surface area contributed by atoms with Crippen molar-refractivity contribution in [1.82, 2.24) is 0 Å². The Labute approximate surface area is 82.2 Å². The standard InChI is InChI=1S/C10H13I/c1-7(2)9-4-8(3)5-10(11)6-9/h4-7H,1-3H3. The van der Waals surface area contributed by atoms with Crippen molar-refractivity contribution in [2.45, 2.75) is 26.7 Å². The van der Waals surface area contributed by atoms with Crippen LogP contribution < -0.4 is 0 Å².